The van der Waals surface area contributed by atoms with Crippen LogP contribution in [0.25, 0.3) is 5.82 Å². The van der Waals surface area contributed by atoms with Crippen molar-refractivity contribution in [3.8, 4) is 11.7 Å². The number of ether oxygens (including phenoxy) is 1. The number of aromatic nitrogens is 6. The van der Waals surface area contributed by atoms with Crippen molar-refractivity contribution in [1.29, 1.82) is 0 Å². The molecule has 1 N–H and O–H groups in total. The van der Waals surface area contributed by atoms with E-state index in [1.165, 1.54) is 18.1 Å². The van der Waals surface area contributed by atoms with Crippen LogP contribution in [0.15, 0.2) is 37.3 Å². The van der Waals surface area contributed by atoms with Crippen LogP contribution in [0, 0.1) is 0 Å². The Labute approximate surface area is 125 Å². The summed E-state index contributed by atoms with van der Waals surface area (Å²) >= 11 is 0. The van der Waals surface area contributed by atoms with Crippen LogP contribution >= 0.6 is 0 Å². The van der Waals surface area contributed by atoms with Gasteiger partial charge in [0.25, 0.3) is 5.91 Å². The quantitative estimate of drug-likeness (QED) is 0.759. The zero-order chi connectivity index (χ0) is 15.5. The van der Waals surface area contributed by atoms with E-state index in [4.69, 9.17) is 4.74 Å². The molecular formula is C13H13N7O2. The number of carbonyl (C=O) groups excluding carboxylic acids is 1. The number of nitrogens with zero attached hydrogens (tertiary/aromatic N) is 6. The van der Waals surface area contributed by atoms with Gasteiger partial charge >= 0.3 is 0 Å². The van der Waals surface area contributed by atoms with E-state index < -0.39 is 0 Å². The van der Waals surface area contributed by atoms with Crippen molar-refractivity contribution in [3.05, 3.63) is 42.9 Å². The van der Waals surface area contributed by atoms with Crippen molar-refractivity contribution in [2.75, 3.05) is 12.4 Å². The fourth-order valence-electron chi connectivity index (χ4n) is 1.91. The predicted molar refractivity (Wildman–Crippen MR) is 76.9 cm³/mol. The molecule has 0 aliphatic heterocycles. The number of imidazole rings is 1. The van der Waals surface area contributed by atoms with Gasteiger partial charge in [-0.25, -0.2) is 15.0 Å². The predicted octanol–water partition coefficient (Wildman–Crippen LogP) is 0.657. The average Bonchev–Trinajstić information content (AvgIpc) is 3.16. The maximum atomic E-state index is 12.3. The summed E-state index contributed by atoms with van der Waals surface area (Å²) in [6, 6.07) is 1.64. The summed E-state index contributed by atoms with van der Waals surface area (Å²) in [5.41, 5.74) is 0.327. The summed E-state index contributed by atoms with van der Waals surface area (Å²) in [7, 11) is 3.17. The van der Waals surface area contributed by atoms with E-state index >= 15 is 0 Å². The van der Waals surface area contributed by atoms with Gasteiger partial charge in [-0.15, -0.1) is 5.10 Å². The van der Waals surface area contributed by atoms with Crippen molar-refractivity contribution in [3.63, 3.8) is 0 Å². The number of hydrogen-bond acceptors (Lipinski definition) is 6. The molecule has 0 spiro atoms. The number of rotatable bonds is 4. The van der Waals surface area contributed by atoms with Crippen LogP contribution in [-0.2, 0) is 7.05 Å². The number of hydrogen-bond donors (Lipinski definition) is 1. The van der Waals surface area contributed by atoms with Gasteiger partial charge in [0.15, 0.2) is 0 Å². The standard InChI is InChI=1S/C13H13N7O2/c1-19-6-9(13(18-19)22-2)12(21)17-10-5-11(16-7-15-10)20-4-3-14-8-20/h3-8H,1-2H3,(H,15,16,17,21). The van der Waals surface area contributed by atoms with Gasteiger partial charge in [0.05, 0.1) is 7.11 Å². The first-order valence-corrected chi connectivity index (χ1v) is 6.36. The van der Waals surface area contributed by atoms with Crippen LogP contribution in [0.5, 0.6) is 5.88 Å². The van der Waals surface area contributed by atoms with E-state index in [0.29, 0.717) is 17.2 Å². The molecule has 22 heavy (non-hydrogen) atoms. The zero-order valence-electron chi connectivity index (χ0n) is 12.0. The Kier molecular flexibility index (Phi) is 3.52. The second kappa shape index (κ2) is 5.64. The molecule has 112 valence electrons. The maximum absolute atomic E-state index is 12.3. The van der Waals surface area contributed by atoms with E-state index in [1.807, 2.05) is 0 Å². The first kappa shape index (κ1) is 13.7. The van der Waals surface area contributed by atoms with Gasteiger partial charge < -0.3 is 10.1 Å². The van der Waals surface area contributed by atoms with E-state index in [-0.39, 0.29) is 11.8 Å². The third-order valence-electron chi connectivity index (χ3n) is 2.90. The molecule has 3 aromatic heterocycles. The van der Waals surface area contributed by atoms with Gasteiger partial charge in [-0.3, -0.25) is 14.0 Å². The highest BCUT2D eigenvalue weighted by Crippen LogP contribution is 2.17. The summed E-state index contributed by atoms with van der Waals surface area (Å²) in [5, 5.41) is 6.73. The zero-order valence-corrected chi connectivity index (χ0v) is 12.0. The van der Waals surface area contributed by atoms with Gasteiger partial charge in [-0.05, 0) is 0 Å². The van der Waals surface area contributed by atoms with Gasteiger partial charge in [0.1, 0.15) is 29.9 Å². The third kappa shape index (κ3) is 2.64. The molecule has 0 radical (unpaired) electrons. The molecule has 3 heterocycles. The second-order valence-electron chi connectivity index (χ2n) is 4.41. The monoisotopic (exact) mass is 299 g/mol. The van der Waals surface area contributed by atoms with E-state index in [9.17, 15) is 4.79 Å². The van der Waals surface area contributed by atoms with Crippen LogP contribution in [0.1, 0.15) is 10.4 Å². The second-order valence-corrected chi connectivity index (χ2v) is 4.41. The van der Waals surface area contributed by atoms with E-state index in [2.05, 4.69) is 25.4 Å². The number of amides is 1. The molecule has 9 nitrogen and oxygen atoms in total. The fraction of sp³-hybridized carbons (Fsp3) is 0.154. The number of carbonyl (C=O) groups is 1. The summed E-state index contributed by atoms with van der Waals surface area (Å²) in [6.45, 7) is 0. The van der Waals surface area contributed by atoms with Crippen molar-refractivity contribution < 1.29 is 9.53 Å². The minimum Gasteiger partial charge on any atom is -0.479 e. The highest BCUT2D eigenvalue weighted by Gasteiger charge is 2.17. The largest absolute Gasteiger partial charge is 0.479 e. The Bertz CT molecular complexity index is 795. The first-order valence-electron chi connectivity index (χ1n) is 6.36. The highest BCUT2D eigenvalue weighted by atomic mass is 16.5. The smallest absolute Gasteiger partial charge is 0.263 e. The molecule has 3 aromatic rings. The van der Waals surface area contributed by atoms with Gasteiger partial charge in [-0.1, -0.05) is 0 Å². The number of methoxy groups -OCH3 is 1. The topological polar surface area (TPSA) is 99.8 Å². The lowest BCUT2D eigenvalue weighted by Crippen LogP contribution is -2.14. The molecule has 3 rings (SSSR count). The molecule has 0 bridgehead atoms. The van der Waals surface area contributed by atoms with Crippen LogP contribution < -0.4 is 10.1 Å². The molecule has 1 amide bonds. The van der Waals surface area contributed by atoms with Crippen LogP contribution in [0.3, 0.4) is 0 Å². The van der Waals surface area contributed by atoms with E-state index in [1.54, 1.807) is 42.6 Å². The lowest BCUT2D eigenvalue weighted by atomic mass is 10.3. The van der Waals surface area contributed by atoms with Crippen molar-refractivity contribution in [2.45, 2.75) is 0 Å². The van der Waals surface area contributed by atoms with Crippen LogP contribution in [-0.4, -0.2) is 42.3 Å². The lowest BCUT2D eigenvalue weighted by Gasteiger charge is -2.06. The molecule has 0 aromatic carbocycles. The Hall–Kier alpha value is -3.23. The lowest BCUT2D eigenvalue weighted by molar-refractivity contribution is 0.102. The third-order valence-corrected chi connectivity index (χ3v) is 2.90. The first-order chi connectivity index (χ1) is 10.7. The summed E-state index contributed by atoms with van der Waals surface area (Å²) in [4.78, 5) is 24.4. The minimum atomic E-state index is -0.361. The van der Waals surface area contributed by atoms with E-state index in [0.717, 1.165) is 0 Å². The molecule has 0 aliphatic carbocycles. The molecule has 9 heteroatoms. The van der Waals surface area contributed by atoms with Crippen LogP contribution in [0.2, 0.25) is 0 Å². The molecule has 0 unspecified atom stereocenters. The van der Waals surface area contributed by atoms with Crippen molar-refractivity contribution >= 4 is 11.7 Å². The Balaban J connectivity index is 1.84. The molecular weight excluding hydrogens is 286 g/mol. The van der Waals surface area contributed by atoms with Gasteiger partial charge in [0.2, 0.25) is 5.88 Å². The Morgan fingerprint density at radius 3 is 2.95 bits per heavy atom. The summed E-state index contributed by atoms with van der Waals surface area (Å²) in [6.07, 6.45) is 7.94. The Morgan fingerprint density at radius 1 is 1.36 bits per heavy atom. The SMILES string of the molecule is COc1nn(C)cc1C(=O)Nc1cc(-n2ccnc2)ncn1. The normalized spacial score (nSPS) is 10.5. The molecule has 0 fully saturated rings. The van der Waals surface area contributed by atoms with Gasteiger partial charge in [0, 0.05) is 31.7 Å². The fourth-order valence-corrected chi connectivity index (χ4v) is 1.91. The number of anilines is 1. The molecule has 0 aliphatic rings. The Morgan fingerprint density at radius 2 is 2.23 bits per heavy atom. The van der Waals surface area contributed by atoms with Crippen molar-refractivity contribution in [1.82, 2.24) is 29.3 Å². The summed E-state index contributed by atoms with van der Waals surface area (Å²) < 4.78 is 8.28. The minimum absolute atomic E-state index is 0.254. The summed E-state index contributed by atoms with van der Waals surface area (Å²) in [5.74, 6) is 0.861. The van der Waals surface area contributed by atoms with Crippen LogP contribution in [0.4, 0.5) is 5.82 Å². The highest BCUT2D eigenvalue weighted by molar-refractivity contribution is 6.05. The molecule has 0 saturated carbocycles. The number of nitrogens with one attached hydrogen (secondary N) is 1. The number of aryl methyl sites for hydroxylation is 1. The average molecular weight is 299 g/mol. The maximum Gasteiger partial charge on any atom is 0.263 e. The molecule has 0 atom stereocenters. The molecule has 0 saturated heterocycles. The van der Waals surface area contributed by atoms with Crippen molar-refractivity contribution in [2.24, 2.45) is 7.05 Å². The van der Waals surface area contributed by atoms with Gasteiger partial charge in [-0.2, -0.15) is 0 Å².